The fourth-order valence-corrected chi connectivity index (χ4v) is 7.21. The van der Waals surface area contributed by atoms with E-state index in [0.29, 0.717) is 12.8 Å². The molecule has 0 amide bonds. The van der Waals surface area contributed by atoms with Crippen LogP contribution in [-0.4, -0.2) is 37.2 Å². The van der Waals surface area contributed by atoms with E-state index in [1.165, 1.54) is 0 Å². The van der Waals surface area contributed by atoms with Gasteiger partial charge in [-0.25, -0.2) is 0 Å². The van der Waals surface area contributed by atoms with E-state index in [4.69, 9.17) is 14.2 Å². The molecular formula is C71H106O6. The van der Waals surface area contributed by atoms with E-state index in [1.54, 1.807) is 0 Å². The molecule has 0 spiro atoms. The number of hydrogen-bond acceptors (Lipinski definition) is 6. The number of carbonyl (C=O) groups is 3. The second-order valence-electron chi connectivity index (χ2n) is 18.8. The van der Waals surface area contributed by atoms with Crippen molar-refractivity contribution in [3.05, 3.63) is 194 Å². The molecule has 6 nitrogen and oxygen atoms in total. The number of carbonyl (C=O) groups excluding carboxylic acids is 3. The molecule has 0 fully saturated rings. The van der Waals surface area contributed by atoms with Gasteiger partial charge in [0.15, 0.2) is 6.10 Å². The third-order valence-corrected chi connectivity index (χ3v) is 11.6. The number of allylic oxidation sites excluding steroid dienone is 32. The first-order chi connectivity index (χ1) is 38.0. The Balaban J connectivity index is 4.64. The third kappa shape index (κ3) is 61.0. The van der Waals surface area contributed by atoms with E-state index >= 15 is 0 Å². The van der Waals surface area contributed by atoms with Crippen LogP contribution in [0.15, 0.2) is 194 Å². The summed E-state index contributed by atoms with van der Waals surface area (Å²) in [5.74, 6) is -1.07. The molecule has 0 saturated heterocycles. The van der Waals surface area contributed by atoms with Crippen molar-refractivity contribution in [1.29, 1.82) is 0 Å². The Morgan fingerprint density at radius 3 is 0.805 bits per heavy atom. The van der Waals surface area contributed by atoms with Gasteiger partial charge in [0.25, 0.3) is 0 Å². The summed E-state index contributed by atoms with van der Waals surface area (Å²) in [7, 11) is 0. The van der Waals surface area contributed by atoms with Crippen LogP contribution in [0.1, 0.15) is 213 Å². The lowest BCUT2D eigenvalue weighted by Crippen LogP contribution is -2.30. The summed E-state index contributed by atoms with van der Waals surface area (Å²) in [5, 5.41) is 0. The first-order valence-corrected chi connectivity index (χ1v) is 29.9. The van der Waals surface area contributed by atoms with E-state index in [9.17, 15) is 14.4 Å². The Bertz CT molecular complexity index is 1880. The smallest absolute Gasteiger partial charge is 0.306 e. The maximum absolute atomic E-state index is 12.9. The normalized spacial score (nSPS) is 13.5. The number of esters is 3. The molecule has 0 aromatic heterocycles. The molecule has 0 N–H and O–H groups in total. The summed E-state index contributed by atoms with van der Waals surface area (Å²) < 4.78 is 16.8. The Morgan fingerprint density at radius 1 is 0.260 bits per heavy atom. The monoisotopic (exact) mass is 1050 g/mol. The average molecular weight is 1060 g/mol. The van der Waals surface area contributed by atoms with Crippen LogP contribution in [0.3, 0.4) is 0 Å². The van der Waals surface area contributed by atoms with Gasteiger partial charge in [0.05, 0.1) is 0 Å². The van der Waals surface area contributed by atoms with Crippen molar-refractivity contribution < 1.29 is 28.6 Å². The van der Waals surface area contributed by atoms with Crippen molar-refractivity contribution in [3.63, 3.8) is 0 Å². The summed E-state index contributed by atoms with van der Waals surface area (Å²) in [5.41, 5.74) is 0. The molecule has 0 rings (SSSR count). The molecule has 426 valence electrons. The van der Waals surface area contributed by atoms with Crippen molar-refractivity contribution in [2.45, 2.75) is 219 Å². The fraction of sp³-hybridized carbons (Fsp3) is 0.507. The van der Waals surface area contributed by atoms with Crippen LogP contribution >= 0.6 is 0 Å². The van der Waals surface area contributed by atoms with Crippen molar-refractivity contribution in [1.82, 2.24) is 0 Å². The van der Waals surface area contributed by atoms with Gasteiger partial charge in [0, 0.05) is 19.3 Å². The Kier molecular flexibility index (Phi) is 58.1. The quantitative estimate of drug-likeness (QED) is 0.0261. The first-order valence-electron chi connectivity index (χ1n) is 29.9. The predicted molar refractivity (Wildman–Crippen MR) is 334 cm³/mol. The molecule has 0 heterocycles. The van der Waals surface area contributed by atoms with Crippen molar-refractivity contribution in [2.24, 2.45) is 0 Å². The Labute approximate surface area is 471 Å². The van der Waals surface area contributed by atoms with Gasteiger partial charge in [-0.3, -0.25) is 14.4 Å². The molecule has 1 atom stereocenters. The molecule has 0 aliphatic rings. The molecule has 0 radical (unpaired) electrons. The largest absolute Gasteiger partial charge is 0.462 e. The molecule has 0 aliphatic carbocycles. The highest BCUT2D eigenvalue weighted by molar-refractivity contribution is 5.71. The molecule has 6 heteroatoms. The number of rotatable bonds is 51. The van der Waals surface area contributed by atoms with Crippen molar-refractivity contribution in [3.8, 4) is 0 Å². The molecular weight excluding hydrogens is 949 g/mol. The summed E-state index contributed by atoms with van der Waals surface area (Å²) in [6, 6.07) is 0. The maximum Gasteiger partial charge on any atom is 0.306 e. The summed E-state index contributed by atoms with van der Waals surface area (Å²) >= 11 is 0. The maximum atomic E-state index is 12.9. The molecule has 77 heavy (non-hydrogen) atoms. The van der Waals surface area contributed by atoms with Crippen molar-refractivity contribution in [2.75, 3.05) is 13.2 Å². The lowest BCUT2D eigenvalue weighted by atomic mass is 10.1. The van der Waals surface area contributed by atoms with Crippen LogP contribution in [0, 0.1) is 0 Å². The van der Waals surface area contributed by atoms with Crippen LogP contribution in [0.4, 0.5) is 0 Å². The summed E-state index contributed by atoms with van der Waals surface area (Å²) in [4.78, 5) is 38.3. The van der Waals surface area contributed by atoms with Crippen molar-refractivity contribution >= 4 is 17.9 Å². The van der Waals surface area contributed by atoms with Gasteiger partial charge in [0.2, 0.25) is 0 Å². The second kappa shape index (κ2) is 62.8. The number of unbranched alkanes of at least 4 members (excludes halogenated alkanes) is 8. The summed E-state index contributed by atoms with van der Waals surface area (Å²) in [6.45, 7) is 6.17. The van der Waals surface area contributed by atoms with Crippen LogP contribution < -0.4 is 0 Å². The van der Waals surface area contributed by atoms with Crippen LogP contribution in [0.25, 0.3) is 0 Å². The first kappa shape index (κ1) is 71.2. The molecule has 0 bridgehead atoms. The topological polar surface area (TPSA) is 78.9 Å². The SMILES string of the molecule is CC/C=C\C/C=C\C/C=C\C/C=C\C/C=C\C/C=C\CCCCC(=O)OCC(COC(=O)CCC/C=C\C/C=C\C/C=C\C/C=C\C/C=C\CC)OC(=O)CCCCCCC/C=C\C/C=C\C/C=C\C/C=C\C/C=C\CC. The molecule has 0 aromatic rings. The van der Waals surface area contributed by atoms with E-state index in [-0.39, 0.29) is 50.4 Å². The second-order valence-corrected chi connectivity index (χ2v) is 18.8. The predicted octanol–water partition coefficient (Wildman–Crippen LogP) is 20.6. The fourth-order valence-electron chi connectivity index (χ4n) is 7.21. The van der Waals surface area contributed by atoms with Gasteiger partial charge in [-0.15, -0.1) is 0 Å². The van der Waals surface area contributed by atoms with Crippen LogP contribution in [0.2, 0.25) is 0 Å². The zero-order valence-electron chi connectivity index (χ0n) is 48.6. The van der Waals surface area contributed by atoms with E-state index in [0.717, 1.165) is 161 Å². The minimum Gasteiger partial charge on any atom is -0.462 e. The molecule has 0 aromatic carbocycles. The van der Waals surface area contributed by atoms with E-state index in [2.05, 4.69) is 215 Å². The molecule has 0 aliphatic heterocycles. The van der Waals surface area contributed by atoms with Gasteiger partial charge in [-0.05, 0) is 154 Å². The van der Waals surface area contributed by atoms with E-state index in [1.807, 2.05) is 0 Å². The zero-order chi connectivity index (χ0) is 55.7. The number of ether oxygens (including phenoxy) is 3. The third-order valence-electron chi connectivity index (χ3n) is 11.6. The molecule has 0 saturated carbocycles. The lowest BCUT2D eigenvalue weighted by Gasteiger charge is -2.18. The molecule has 1 unspecified atom stereocenters. The average Bonchev–Trinajstić information content (AvgIpc) is 3.43. The van der Waals surface area contributed by atoms with E-state index < -0.39 is 6.10 Å². The van der Waals surface area contributed by atoms with Gasteiger partial charge >= 0.3 is 17.9 Å². The Hall–Kier alpha value is -5.75. The minimum absolute atomic E-state index is 0.138. The number of hydrogen-bond donors (Lipinski definition) is 0. The highest BCUT2D eigenvalue weighted by Crippen LogP contribution is 2.12. The van der Waals surface area contributed by atoms with Gasteiger partial charge in [-0.2, -0.15) is 0 Å². The lowest BCUT2D eigenvalue weighted by molar-refractivity contribution is -0.167. The highest BCUT2D eigenvalue weighted by atomic mass is 16.6. The Morgan fingerprint density at radius 2 is 0.481 bits per heavy atom. The van der Waals surface area contributed by atoms with Gasteiger partial charge < -0.3 is 14.2 Å². The van der Waals surface area contributed by atoms with Crippen LogP contribution in [-0.2, 0) is 28.6 Å². The van der Waals surface area contributed by atoms with Crippen LogP contribution in [0.5, 0.6) is 0 Å². The van der Waals surface area contributed by atoms with Gasteiger partial charge in [0.1, 0.15) is 13.2 Å². The minimum atomic E-state index is -0.844. The zero-order valence-corrected chi connectivity index (χ0v) is 48.6. The van der Waals surface area contributed by atoms with Gasteiger partial charge in [-0.1, -0.05) is 234 Å². The highest BCUT2D eigenvalue weighted by Gasteiger charge is 2.19. The summed E-state index contributed by atoms with van der Waals surface area (Å²) in [6.07, 6.45) is 95.7. The standard InChI is InChI=1S/C71H106O6/c1-4-7-10-13-16-19-22-25-28-31-33-35-37-40-43-46-49-52-55-58-61-64-70(73)76-67-68(66-75-69(72)63-60-57-54-51-48-45-42-39-30-27-24-21-18-15-12-9-6-3)77-71(74)65-62-59-56-53-50-47-44-41-38-36-34-32-29-26-23-20-17-14-11-8-5-2/h7-12,16-21,25-30,33-36,40-45,49,51-52,54,68H,4-6,13-15,22-24,31-32,37-39,46-48,50,53,55-67H2,1-3H3/b10-7-,11-8-,12-9-,19-16-,20-17-,21-18-,28-25-,29-26-,30-27-,35-33-,36-34-,43-40-,44-41-,45-42-,52-49-,54-51-.